The van der Waals surface area contributed by atoms with Gasteiger partial charge >= 0.3 is 0 Å². The largest absolute Gasteiger partial charge is 0.390 e. The van der Waals surface area contributed by atoms with E-state index in [0.29, 0.717) is 0 Å². The van der Waals surface area contributed by atoms with E-state index in [1.807, 2.05) is 0 Å². The second-order valence-corrected chi connectivity index (χ2v) is 3.70. The number of hydrogen-bond donors (Lipinski definition) is 2. The molecule has 2 rings (SSSR count). The predicted molar refractivity (Wildman–Crippen MR) is 37.5 cm³/mol. The van der Waals surface area contributed by atoms with Gasteiger partial charge in [-0.25, -0.2) is 0 Å². The van der Waals surface area contributed by atoms with Gasteiger partial charge in [-0.2, -0.15) is 0 Å². The van der Waals surface area contributed by atoms with Gasteiger partial charge in [-0.1, -0.05) is 0 Å². The minimum atomic E-state index is -0.429. The van der Waals surface area contributed by atoms with E-state index >= 15 is 0 Å². The minimum Gasteiger partial charge on any atom is -0.390 e. The summed E-state index contributed by atoms with van der Waals surface area (Å²) >= 11 is 0. The molecule has 10 heavy (non-hydrogen) atoms. The van der Waals surface area contributed by atoms with Crippen molar-refractivity contribution in [1.29, 1.82) is 0 Å². The SMILES string of the molecule is O[C@H]1C[C@H]2CC[C@@H]2C[C@@H]1O. The van der Waals surface area contributed by atoms with Crippen molar-refractivity contribution >= 4 is 0 Å². The van der Waals surface area contributed by atoms with E-state index in [4.69, 9.17) is 0 Å². The first kappa shape index (κ1) is 6.62. The van der Waals surface area contributed by atoms with Crippen LogP contribution >= 0.6 is 0 Å². The van der Waals surface area contributed by atoms with Crippen LogP contribution in [0.2, 0.25) is 0 Å². The first-order chi connectivity index (χ1) is 4.77. The van der Waals surface area contributed by atoms with Gasteiger partial charge in [0.2, 0.25) is 0 Å². The smallest absolute Gasteiger partial charge is 0.0802 e. The Hall–Kier alpha value is -0.0800. The summed E-state index contributed by atoms with van der Waals surface area (Å²) in [7, 11) is 0. The van der Waals surface area contributed by atoms with Gasteiger partial charge < -0.3 is 10.2 Å². The molecule has 0 aromatic rings. The lowest BCUT2D eigenvalue weighted by atomic mass is 9.64. The van der Waals surface area contributed by atoms with Crippen LogP contribution in [0, 0.1) is 11.8 Å². The second kappa shape index (κ2) is 2.21. The lowest BCUT2D eigenvalue weighted by molar-refractivity contribution is -0.0750. The molecule has 2 fully saturated rings. The molecule has 0 amide bonds. The molecule has 2 saturated carbocycles. The fourth-order valence-corrected chi connectivity index (χ4v) is 2.19. The molecule has 2 aliphatic carbocycles. The fraction of sp³-hybridized carbons (Fsp3) is 1.00. The third kappa shape index (κ3) is 0.867. The second-order valence-electron chi connectivity index (χ2n) is 3.70. The van der Waals surface area contributed by atoms with Crippen molar-refractivity contribution in [2.75, 3.05) is 0 Å². The molecule has 2 aliphatic rings. The topological polar surface area (TPSA) is 40.5 Å². The monoisotopic (exact) mass is 142 g/mol. The summed E-state index contributed by atoms with van der Waals surface area (Å²) in [4.78, 5) is 0. The van der Waals surface area contributed by atoms with Crippen molar-refractivity contribution in [3.8, 4) is 0 Å². The molecular weight excluding hydrogens is 128 g/mol. The van der Waals surface area contributed by atoms with Gasteiger partial charge in [-0.05, 0) is 37.5 Å². The third-order valence-corrected chi connectivity index (χ3v) is 3.11. The molecule has 2 N–H and O–H groups in total. The van der Waals surface area contributed by atoms with Gasteiger partial charge in [0.25, 0.3) is 0 Å². The van der Waals surface area contributed by atoms with Crippen molar-refractivity contribution in [2.24, 2.45) is 11.8 Å². The first-order valence-electron chi connectivity index (χ1n) is 4.13. The Morgan fingerprint density at radius 3 is 1.50 bits per heavy atom. The standard InChI is InChI=1S/C8H14O2/c9-7-3-5-1-2-6(5)4-8(7)10/h5-10H,1-4H2/t5-,6-,7+,8+/m1/s1. The molecule has 0 bridgehead atoms. The normalized spacial score (nSPS) is 53.4. The van der Waals surface area contributed by atoms with Crippen LogP contribution in [0.1, 0.15) is 25.7 Å². The first-order valence-corrected chi connectivity index (χ1v) is 4.13. The molecule has 0 spiro atoms. The van der Waals surface area contributed by atoms with Crippen LogP contribution in [0.5, 0.6) is 0 Å². The molecule has 0 saturated heterocycles. The lowest BCUT2D eigenvalue weighted by Crippen LogP contribution is -2.43. The van der Waals surface area contributed by atoms with Crippen LogP contribution in [0.4, 0.5) is 0 Å². The molecule has 0 aromatic heterocycles. The van der Waals surface area contributed by atoms with Gasteiger partial charge in [0, 0.05) is 0 Å². The predicted octanol–water partition coefficient (Wildman–Crippen LogP) is 0.528. The highest BCUT2D eigenvalue weighted by atomic mass is 16.3. The summed E-state index contributed by atoms with van der Waals surface area (Å²) in [6, 6.07) is 0. The number of fused-ring (bicyclic) bond motifs is 1. The zero-order valence-corrected chi connectivity index (χ0v) is 6.03. The third-order valence-electron chi connectivity index (χ3n) is 3.11. The Labute approximate surface area is 60.9 Å². The number of aliphatic hydroxyl groups excluding tert-OH is 2. The number of aliphatic hydroxyl groups is 2. The van der Waals surface area contributed by atoms with Crippen molar-refractivity contribution in [3.63, 3.8) is 0 Å². The van der Waals surface area contributed by atoms with Crippen LogP contribution < -0.4 is 0 Å². The Bertz CT molecular complexity index is 115. The molecule has 0 radical (unpaired) electrons. The summed E-state index contributed by atoms with van der Waals surface area (Å²) in [6.07, 6.45) is 3.36. The van der Waals surface area contributed by atoms with E-state index in [1.54, 1.807) is 0 Å². The van der Waals surface area contributed by atoms with E-state index in [2.05, 4.69) is 0 Å². The lowest BCUT2D eigenvalue weighted by Gasteiger charge is -2.44. The maximum atomic E-state index is 9.25. The highest BCUT2D eigenvalue weighted by molar-refractivity contribution is 4.91. The van der Waals surface area contributed by atoms with E-state index < -0.39 is 12.2 Å². The van der Waals surface area contributed by atoms with Crippen molar-refractivity contribution in [2.45, 2.75) is 37.9 Å². The highest BCUT2D eigenvalue weighted by Crippen LogP contribution is 2.44. The van der Waals surface area contributed by atoms with Crippen LogP contribution in [0.15, 0.2) is 0 Å². The maximum Gasteiger partial charge on any atom is 0.0802 e. The summed E-state index contributed by atoms with van der Waals surface area (Å²) < 4.78 is 0. The molecule has 58 valence electrons. The van der Waals surface area contributed by atoms with Crippen molar-refractivity contribution < 1.29 is 10.2 Å². The maximum absolute atomic E-state index is 9.25. The molecule has 2 heteroatoms. The zero-order chi connectivity index (χ0) is 7.14. The average Bonchev–Trinajstić information content (AvgIpc) is 1.89. The number of rotatable bonds is 0. The molecule has 0 heterocycles. The Morgan fingerprint density at radius 2 is 1.20 bits per heavy atom. The van der Waals surface area contributed by atoms with Gasteiger partial charge in [-0.3, -0.25) is 0 Å². The Morgan fingerprint density at radius 1 is 0.800 bits per heavy atom. The zero-order valence-electron chi connectivity index (χ0n) is 6.03. The van der Waals surface area contributed by atoms with Gasteiger partial charge in [0.05, 0.1) is 12.2 Å². The molecule has 4 atom stereocenters. The van der Waals surface area contributed by atoms with Crippen molar-refractivity contribution in [1.82, 2.24) is 0 Å². The summed E-state index contributed by atoms with van der Waals surface area (Å²) in [5.74, 6) is 1.47. The van der Waals surface area contributed by atoms with Gasteiger partial charge in [0.15, 0.2) is 0 Å². The van der Waals surface area contributed by atoms with Crippen LogP contribution in [-0.4, -0.2) is 22.4 Å². The van der Waals surface area contributed by atoms with E-state index in [1.165, 1.54) is 12.8 Å². The van der Waals surface area contributed by atoms with Gasteiger partial charge in [-0.15, -0.1) is 0 Å². The van der Waals surface area contributed by atoms with Gasteiger partial charge in [0.1, 0.15) is 0 Å². The summed E-state index contributed by atoms with van der Waals surface area (Å²) in [5, 5.41) is 18.5. The minimum absolute atomic E-state index is 0.429. The van der Waals surface area contributed by atoms with Crippen molar-refractivity contribution in [3.05, 3.63) is 0 Å². The molecular formula is C8H14O2. The van der Waals surface area contributed by atoms with Crippen LogP contribution in [-0.2, 0) is 0 Å². The molecule has 2 nitrogen and oxygen atoms in total. The molecule has 0 unspecified atom stereocenters. The Balaban J connectivity index is 1.96. The summed E-state index contributed by atoms with van der Waals surface area (Å²) in [6.45, 7) is 0. The fourth-order valence-electron chi connectivity index (χ4n) is 2.19. The highest BCUT2D eigenvalue weighted by Gasteiger charge is 2.40. The number of hydrogen-bond acceptors (Lipinski definition) is 2. The van der Waals surface area contributed by atoms with E-state index in [-0.39, 0.29) is 0 Å². The Kier molecular flexibility index (Phi) is 1.46. The molecule has 0 aliphatic heterocycles. The average molecular weight is 142 g/mol. The van der Waals surface area contributed by atoms with E-state index in [0.717, 1.165) is 24.7 Å². The van der Waals surface area contributed by atoms with Crippen LogP contribution in [0.3, 0.4) is 0 Å². The summed E-state index contributed by atoms with van der Waals surface area (Å²) in [5.41, 5.74) is 0. The quantitative estimate of drug-likeness (QED) is 0.518. The van der Waals surface area contributed by atoms with Crippen LogP contribution in [0.25, 0.3) is 0 Å². The van der Waals surface area contributed by atoms with E-state index in [9.17, 15) is 10.2 Å². The molecule has 0 aromatic carbocycles.